The van der Waals surface area contributed by atoms with Crippen LogP contribution in [0.4, 0.5) is 0 Å². The maximum Gasteiger partial charge on any atom is 0.472 e. The van der Waals surface area contributed by atoms with Gasteiger partial charge in [-0.25, -0.2) is 4.57 Å². The number of rotatable bonds is 38. The first-order chi connectivity index (χ1) is 29.1. The Labute approximate surface area is 370 Å². The minimum atomic E-state index is -4.40. The van der Waals surface area contributed by atoms with Crippen LogP contribution in [0.1, 0.15) is 195 Å². The molecule has 0 spiro atoms. The van der Waals surface area contributed by atoms with Gasteiger partial charge in [0.25, 0.3) is 0 Å². The Hall–Kier alpha value is -2.43. The summed E-state index contributed by atoms with van der Waals surface area (Å²) in [6.45, 7) is 10.8. The molecule has 0 aromatic carbocycles. The third kappa shape index (κ3) is 26.1. The zero-order valence-electron chi connectivity index (χ0n) is 39.9. The number of esters is 2. The maximum absolute atomic E-state index is 12.8. The van der Waals surface area contributed by atoms with Gasteiger partial charge < -0.3 is 27.7 Å². The number of quaternary nitrogens is 1. The fourth-order valence-corrected chi connectivity index (χ4v) is 8.17. The van der Waals surface area contributed by atoms with Crippen molar-refractivity contribution in [1.82, 2.24) is 0 Å². The van der Waals surface area contributed by atoms with Crippen LogP contribution in [0, 0.1) is 20.8 Å². The van der Waals surface area contributed by atoms with Crippen molar-refractivity contribution in [3.05, 3.63) is 45.8 Å². The number of nitrogens with zero attached hydrogens (tertiary/aromatic N) is 1. The lowest BCUT2D eigenvalue weighted by atomic mass is 10.0. The van der Waals surface area contributed by atoms with E-state index >= 15 is 0 Å². The van der Waals surface area contributed by atoms with Crippen molar-refractivity contribution >= 4 is 19.8 Å². The number of furan rings is 2. The van der Waals surface area contributed by atoms with E-state index in [1.165, 1.54) is 74.5 Å². The van der Waals surface area contributed by atoms with Crippen LogP contribution in [0.25, 0.3) is 0 Å². The van der Waals surface area contributed by atoms with Gasteiger partial charge in [0.05, 0.1) is 27.7 Å². The van der Waals surface area contributed by atoms with Gasteiger partial charge in [-0.05, 0) is 82.1 Å². The summed E-state index contributed by atoms with van der Waals surface area (Å²) in [6, 6.07) is 2.21. The molecule has 2 heterocycles. The van der Waals surface area contributed by atoms with Crippen molar-refractivity contribution in [2.75, 3.05) is 47.5 Å². The molecule has 2 aromatic heterocycles. The highest BCUT2D eigenvalue weighted by atomic mass is 31.2. The second kappa shape index (κ2) is 31.4. The number of carbonyl (C=O) groups is 2. The average molecular weight is 881 g/mol. The minimum absolute atomic E-state index is 0.0204. The van der Waals surface area contributed by atoms with E-state index in [0.29, 0.717) is 23.9 Å². The molecule has 0 bridgehead atoms. The van der Waals surface area contributed by atoms with E-state index in [9.17, 15) is 19.0 Å². The van der Waals surface area contributed by atoms with Gasteiger partial charge in [-0.15, -0.1) is 0 Å². The van der Waals surface area contributed by atoms with Crippen LogP contribution in [-0.4, -0.2) is 74.9 Å². The first-order valence-corrected chi connectivity index (χ1v) is 25.6. The summed E-state index contributed by atoms with van der Waals surface area (Å²) in [7, 11) is 1.44. The van der Waals surface area contributed by atoms with Crippen molar-refractivity contribution in [2.24, 2.45) is 0 Å². The van der Waals surface area contributed by atoms with E-state index in [0.717, 1.165) is 107 Å². The summed E-state index contributed by atoms with van der Waals surface area (Å²) in [5.41, 5.74) is 3.91. The zero-order valence-corrected chi connectivity index (χ0v) is 40.8. The molecule has 0 aliphatic rings. The Morgan fingerprint density at radius 1 is 0.623 bits per heavy atom. The van der Waals surface area contributed by atoms with Gasteiger partial charge >= 0.3 is 19.8 Å². The number of ether oxygens (including phenoxy) is 2. The fourth-order valence-electron chi connectivity index (χ4n) is 7.43. The second-order valence-corrected chi connectivity index (χ2v) is 19.7. The van der Waals surface area contributed by atoms with Crippen LogP contribution in [0.15, 0.2) is 14.9 Å². The normalized spacial score (nSPS) is 13.4. The number of aryl methyl sites for hydroxylation is 5. The summed E-state index contributed by atoms with van der Waals surface area (Å²) in [6.07, 6.45) is 25.2. The van der Waals surface area contributed by atoms with E-state index in [1.807, 2.05) is 21.1 Å². The van der Waals surface area contributed by atoms with Gasteiger partial charge in [-0.1, -0.05) is 104 Å². The van der Waals surface area contributed by atoms with Crippen LogP contribution in [0.3, 0.4) is 0 Å². The number of unbranched alkanes of at least 4 members (excludes halogenated alkanes) is 16. The molecule has 0 aliphatic heterocycles. The Morgan fingerprint density at radius 3 is 1.69 bits per heavy atom. The first kappa shape index (κ1) is 54.7. The van der Waals surface area contributed by atoms with Gasteiger partial charge in [0.15, 0.2) is 6.10 Å². The van der Waals surface area contributed by atoms with Crippen molar-refractivity contribution in [3.8, 4) is 0 Å². The topological polar surface area (TPSA) is 135 Å². The van der Waals surface area contributed by atoms with E-state index in [-0.39, 0.29) is 32.0 Å². The Balaban J connectivity index is 1.63. The number of hydrogen-bond donors (Lipinski definition) is 1. The quantitative estimate of drug-likeness (QED) is 0.0300. The second-order valence-electron chi connectivity index (χ2n) is 18.3. The molecule has 0 saturated heterocycles. The Morgan fingerprint density at radius 2 is 1.13 bits per heavy atom. The molecule has 2 atom stereocenters. The lowest BCUT2D eigenvalue weighted by molar-refractivity contribution is -0.870. The lowest BCUT2D eigenvalue weighted by Crippen LogP contribution is -2.37. The molecule has 12 heteroatoms. The first-order valence-electron chi connectivity index (χ1n) is 24.1. The smallest absolute Gasteiger partial charge is 0.466 e. The molecule has 0 aliphatic carbocycles. The van der Waals surface area contributed by atoms with Crippen LogP contribution >= 0.6 is 7.82 Å². The molecule has 0 radical (unpaired) electrons. The van der Waals surface area contributed by atoms with Crippen LogP contribution < -0.4 is 0 Å². The van der Waals surface area contributed by atoms with Crippen LogP contribution in [0.2, 0.25) is 0 Å². The predicted molar refractivity (Wildman–Crippen MR) is 245 cm³/mol. The molecular weight excluding hydrogens is 794 g/mol. The fraction of sp³-hybridized carbons (Fsp3) is 0.796. The molecular formula is C49H87NO10P+. The molecule has 0 saturated carbocycles. The van der Waals surface area contributed by atoms with Gasteiger partial charge in [-0.2, -0.15) is 0 Å². The van der Waals surface area contributed by atoms with Crippen molar-refractivity contribution in [2.45, 2.75) is 208 Å². The monoisotopic (exact) mass is 881 g/mol. The predicted octanol–water partition coefficient (Wildman–Crippen LogP) is 12.6. The minimum Gasteiger partial charge on any atom is -0.466 e. The number of likely N-dealkylation sites (N-methyl/N-ethyl adjacent to an activating group) is 1. The Bertz CT molecular complexity index is 1530. The van der Waals surface area contributed by atoms with E-state index < -0.39 is 26.5 Å². The molecule has 1 N–H and O–H groups in total. The molecule has 0 amide bonds. The highest BCUT2D eigenvalue weighted by Gasteiger charge is 2.27. The molecule has 2 aromatic rings. The van der Waals surface area contributed by atoms with Gasteiger partial charge in [-0.3, -0.25) is 18.6 Å². The maximum atomic E-state index is 12.8. The largest absolute Gasteiger partial charge is 0.472 e. The molecule has 0 fully saturated rings. The lowest BCUT2D eigenvalue weighted by Gasteiger charge is -2.24. The van der Waals surface area contributed by atoms with Crippen molar-refractivity contribution in [3.63, 3.8) is 0 Å². The van der Waals surface area contributed by atoms with Crippen molar-refractivity contribution < 1.29 is 50.9 Å². The average Bonchev–Trinajstić information content (AvgIpc) is 3.69. The van der Waals surface area contributed by atoms with E-state index in [4.69, 9.17) is 27.4 Å². The van der Waals surface area contributed by atoms with Gasteiger partial charge in [0.2, 0.25) is 0 Å². The molecule has 2 unspecified atom stereocenters. The SMILES string of the molecule is CCCCCc1cc(C)c(CCCCCCCCCCC(=O)OC(COC(=O)CCCCCCCCCCc2oc(CCC)c(C)c2C)COP(=O)(O)OCC[N+](C)(C)C)o1. The van der Waals surface area contributed by atoms with Gasteiger partial charge in [0.1, 0.15) is 42.8 Å². The standard InChI is InChI=1S/C49H86NO10P/c1-9-11-24-30-43-37-40(3)45(58-43)31-25-20-16-12-15-19-23-28-34-49(52)59-44(39-57-61(53,54)56-36-35-50(6,7)8)38-55-48(51)33-27-22-18-14-13-17-21-26-32-47-42(5)41(4)46(60-47)29-10-2/h37,44H,9-36,38-39H2,1-8H3/p+1. The molecule has 2 rings (SSSR count). The highest BCUT2D eigenvalue weighted by Crippen LogP contribution is 2.43. The number of hydrogen-bond acceptors (Lipinski definition) is 9. The zero-order chi connectivity index (χ0) is 44.9. The van der Waals surface area contributed by atoms with Crippen LogP contribution in [0.5, 0.6) is 0 Å². The van der Waals surface area contributed by atoms with E-state index in [1.54, 1.807) is 0 Å². The number of phosphoric ester groups is 1. The summed E-state index contributed by atoms with van der Waals surface area (Å²) in [4.78, 5) is 35.6. The molecule has 352 valence electrons. The summed E-state index contributed by atoms with van der Waals surface area (Å²) >= 11 is 0. The summed E-state index contributed by atoms with van der Waals surface area (Å²) in [5.74, 6) is 3.74. The van der Waals surface area contributed by atoms with Crippen molar-refractivity contribution in [1.29, 1.82) is 0 Å². The van der Waals surface area contributed by atoms with E-state index in [2.05, 4.69) is 40.7 Å². The molecule has 11 nitrogen and oxygen atoms in total. The summed E-state index contributed by atoms with van der Waals surface area (Å²) in [5, 5.41) is 0. The number of carbonyl (C=O) groups excluding carboxylic acids is 2. The Kier molecular flexibility index (Phi) is 28.2. The third-order valence-electron chi connectivity index (χ3n) is 11.5. The highest BCUT2D eigenvalue weighted by molar-refractivity contribution is 7.47. The number of phosphoric acid groups is 1. The van der Waals surface area contributed by atoms with Gasteiger partial charge in [0, 0.05) is 38.5 Å². The summed E-state index contributed by atoms with van der Waals surface area (Å²) < 4.78 is 46.7. The van der Waals surface area contributed by atoms with Crippen LogP contribution in [-0.2, 0) is 58.4 Å². The third-order valence-corrected chi connectivity index (χ3v) is 12.4. The molecule has 61 heavy (non-hydrogen) atoms.